The number of anilines is 2. The third-order valence-electron chi connectivity index (χ3n) is 5.29. The highest BCUT2D eigenvalue weighted by Gasteiger charge is 2.08. The maximum atomic E-state index is 11.6. The molecule has 0 fully saturated rings. The van der Waals surface area contributed by atoms with Crippen LogP contribution in [0.4, 0.5) is 16.3 Å². The van der Waals surface area contributed by atoms with E-state index in [1.54, 1.807) is 20.3 Å². The molecule has 8 nitrogen and oxygen atoms in total. The molecular formula is C27H26N6O2. The monoisotopic (exact) mass is 466 g/mol. The summed E-state index contributed by atoms with van der Waals surface area (Å²) in [5, 5.41) is 6.81. The summed E-state index contributed by atoms with van der Waals surface area (Å²) in [6.45, 7) is 4.25. The van der Waals surface area contributed by atoms with Gasteiger partial charge in [-0.2, -0.15) is 0 Å². The second-order valence-electron chi connectivity index (χ2n) is 8.01. The molecule has 0 radical (unpaired) electrons. The van der Waals surface area contributed by atoms with Crippen LogP contribution in [0, 0.1) is 25.7 Å². The molecule has 4 aromatic rings. The highest BCUT2D eigenvalue weighted by Crippen LogP contribution is 2.29. The Balaban J connectivity index is 1.54. The minimum atomic E-state index is -0.181. The molecule has 0 saturated heterocycles. The molecule has 2 heterocycles. The fourth-order valence-electron chi connectivity index (χ4n) is 3.38. The van der Waals surface area contributed by atoms with Gasteiger partial charge >= 0.3 is 6.03 Å². The van der Waals surface area contributed by atoms with Crippen molar-refractivity contribution in [2.24, 2.45) is 0 Å². The molecule has 0 saturated carbocycles. The van der Waals surface area contributed by atoms with Crippen LogP contribution >= 0.6 is 0 Å². The maximum Gasteiger partial charge on any atom is 0.317 e. The molecule has 35 heavy (non-hydrogen) atoms. The Hall–Kier alpha value is -4.64. The highest BCUT2D eigenvalue weighted by atomic mass is 16.5. The summed E-state index contributed by atoms with van der Waals surface area (Å²) >= 11 is 0. The quantitative estimate of drug-likeness (QED) is 0.411. The fourth-order valence-corrected chi connectivity index (χ4v) is 3.38. The van der Waals surface area contributed by atoms with E-state index in [1.165, 1.54) is 11.2 Å². The van der Waals surface area contributed by atoms with Crippen LogP contribution in [0.3, 0.4) is 0 Å². The number of carbonyl (C=O) groups is 1. The summed E-state index contributed by atoms with van der Waals surface area (Å²) in [7, 11) is 3.29. The lowest BCUT2D eigenvalue weighted by Gasteiger charge is -2.13. The van der Waals surface area contributed by atoms with E-state index in [2.05, 4.69) is 37.4 Å². The van der Waals surface area contributed by atoms with Gasteiger partial charge in [-0.25, -0.2) is 14.8 Å². The first-order valence-electron chi connectivity index (χ1n) is 11.1. The highest BCUT2D eigenvalue weighted by molar-refractivity contribution is 5.91. The normalized spacial score (nSPS) is 10.3. The number of carbonyl (C=O) groups excluding carboxylic acids is 1. The van der Waals surface area contributed by atoms with Crippen molar-refractivity contribution < 1.29 is 9.53 Å². The second-order valence-corrected chi connectivity index (χ2v) is 8.01. The van der Waals surface area contributed by atoms with E-state index >= 15 is 0 Å². The third-order valence-corrected chi connectivity index (χ3v) is 5.29. The van der Waals surface area contributed by atoms with Gasteiger partial charge in [-0.1, -0.05) is 11.8 Å². The number of aromatic nitrogens is 3. The minimum Gasteiger partial charge on any atom is -0.455 e. The summed E-state index contributed by atoms with van der Waals surface area (Å²) in [6, 6.07) is 15.3. The number of hydrogen-bond acceptors (Lipinski definition) is 6. The molecule has 2 amide bonds. The molecule has 0 aliphatic heterocycles. The fraction of sp³-hybridized carbons (Fsp3) is 0.185. The smallest absolute Gasteiger partial charge is 0.317 e. The van der Waals surface area contributed by atoms with Gasteiger partial charge in [-0.05, 0) is 67.9 Å². The molecule has 8 heteroatoms. The number of nitrogens with one attached hydrogen (secondary N) is 2. The molecule has 176 valence electrons. The molecule has 0 aliphatic carbocycles. The van der Waals surface area contributed by atoms with Gasteiger partial charge in [0.1, 0.15) is 23.6 Å². The number of ether oxygens (including phenoxy) is 1. The number of fused-ring (bicyclic) bond motifs is 1. The first-order valence-corrected chi connectivity index (χ1v) is 11.1. The predicted octanol–water partition coefficient (Wildman–Crippen LogP) is 4.80. The van der Waals surface area contributed by atoms with Crippen LogP contribution < -0.4 is 15.4 Å². The summed E-state index contributed by atoms with van der Waals surface area (Å²) in [6.07, 6.45) is 3.24. The molecule has 2 N–H and O–H groups in total. The van der Waals surface area contributed by atoms with Crippen LogP contribution in [-0.4, -0.2) is 46.5 Å². The van der Waals surface area contributed by atoms with Gasteiger partial charge in [0.2, 0.25) is 0 Å². The Morgan fingerprint density at radius 3 is 2.66 bits per heavy atom. The Morgan fingerprint density at radius 1 is 1.06 bits per heavy atom. The minimum absolute atomic E-state index is 0.181. The van der Waals surface area contributed by atoms with Crippen molar-refractivity contribution in [2.75, 3.05) is 26.0 Å². The van der Waals surface area contributed by atoms with Gasteiger partial charge in [0.25, 0.3) is 0 Å². The van der Waals surface area contributed by atoms with Gasteiger partial charge in [-0.3, -0.25) is 4.98 Å². The van der Waals surface area contributed by atoms with E-state index in [0.29, 0.717) is 18.1 Å². The van der Waals surface area contributed by atoms with Crippen LogP contribution in [0.2, 0.25) is 0 Å². The van der Waals surface area contributed by atoms with Crippen LogP contribution in [0.15, 0.2) is 61.1 Å². The van der Waals surface area contributed by atoms with Gasteiger partial charge in [0.15, 0.2) is 0 Å². The average molecular weight is 467 g/mol. The Kier molecular flexibility index (Phi) is 7.07. The lowest BCUT2D eigenvalue weighted by molar-refractivity contribution is 0.216. The number of amides is 2. The lowest BCUT2D eigenvalue weighted by atomic mass is 10.1. The van der Waals surface area contributed by atoms with E-state index < -0.39 is 0 Å². The van der Waals surface area contributed by atoms with Crippen LogP contribution in [0.1, 0.15) is 16.8 Å². The standard InChI is InChI=1S/C27H26N6O2/c1-18-14-21(9-12-25(18)35-22-10-7-19(2)29-16-22)32-26-23-15-20(8-11-24(23)30-17-31-26)6-5-13-33(4)27(34)28-3/h7-12,14-17H,13H2,1-4H3,(H,28,34)(H,30,31,32). The first kappa shape index (κ1) is 23.5. The van der Waals surface area contributed by atoms with Gasteiger partial charge in [-0.15, -0.1) is 0 Å². The number of urea groups is 1. The SMILES string of the molecule is CNC(=O)N(C)CC#Cc1ccc2ncnc(Nc3ccc(Oc4ccc(C)nc4)c(C)c3)c2c1. The molecule has 2 aromatic heterocycles. The Morgan fingerprint density at radius 2 is 1.91 bits per heavy atom. The van der Waals surface area contributed by atoms with Gasteiger partial charge in [0.05, 0.1) is 18.3 Å². The number of rotatable bonds is 5. The van der Waals surface area contributed by atoms with Crippen LogP contribution in [0.5, 0.6) is 11.5 Å². The van der Waals surface area contributed by atoms with E-state index in [4.69, 9.17) is 4.74 Å². The van der Waals surface area contributed by atoms with Crippen molar-refractivity contribution in [1.29, 1.82) is 0 Å². The number of benzene rings is 2. The third kappa shape index (κ3) is 5.84. The van der Waals surface area contributed by atoms with E-state index in [1.807, 2.05) is 62.4 Å². The number of pyridine rings is 1. The summed E-state index contributed by atoms with van der Waals surface area (Å²) in [5.41, 5.74) is 4.41. The lowest BCUT2D eigenvalue weighted by Crippen LogP contribution is -2.34. The maximum absolute atomic E-state index is 11.6. The van der Waals surface area contributed by atoms with Crippen molar-refractivity contribution in [3.05, 3.63) is 77.9 Å². The number of aryl methyl sites for hydroxylation is 2. The summed E-state index contributed by atoms with van der Waals surface area (Å²) < 4.78 is 5.97. The Labute approximate surface area is 204 Å². The topological polar surface area (TPSA) is 92.3 Å². The van der Waals surface area contributed by atoms with Crippen molar-refractivity contribution in [3.8, 4) is 23.3 Å². The molecule has 0 atom stereocenters. The molecule has 2 aromatic carbocycles. The van der Waals surface area contributed by atoms with Crippen molar-refractivity contribution >= 4 is 28.4 Å². The number of nitrogens with zero attached hydrogens (tertiary/aromatic N) is 4. The van der Waals surface area contributed by atoms with E-state index in [-0.39, 0.29) is 6.03 Å². The van der Waals surface area contributed by atoms with Crippen molar-refractivity contribution in [2.45, 2.75) is 13.8 Å². The predicted molar refractivity (Wildman–Crippen MR) is 137 cm³/mol. The van der Waals surface area contributed by atoms with Crippen LogP contribution in [-0.2, 0) is 0 Å². The second kappa shape index (κ2) is 10.5. The van der Waals surface area contributed by atoms with Crippen molar-refractivity contribution in [3.63, 3.8) is 0 Å². The first-order chi connectivity index (χ1) is 16.9. The molecule has 4 rings (SSSR count). The van der Waals surface area contributed by atoms with Crippen molar-refractivity contribution in [1.82, 2.24) is 25.2 Å². The zero-order chi connectivity index (χ0) is 24.8. The average Bonchev–Trinajstić information content (AvgIpc) is 2.86. The van der Waals surface area contributed by atoms with Crippen LogP contribution in [0.25, 0.3) is 10.9 Å². The molecular weight excluding hydrogens is 440 g/mol. The summed E-state index contributed by atoms with van der Waals surface area (Å²) in [4.78, 5) is 26.2. The summed E-state index contributed by atoms with van der Waals surface area (Å²) in [5.74, 6) is 8.25. The molecule has 0 aliphatic rings. The Bertz CT molecular complexity index is 1420. The zero-order valence-electron chi connectivity index (χ0n) is 20.1. The van der Waals surface area contributed by atoms with E-state index in [9.17, 15) is 4.79 Å². The number of hydrogen-bond donors (Lipinski definition) is 2. The largest absolute Gasteiger partial charge is 0.455 e. The zero-order valence-corrected chi connectivity index (χ0v) is 20.1. The molecule has 0 unspecified atom stereocenters. The van der Waals surface area contributed by atoms with Gasteiger partial charge < -0.3 is 20.3 Å². The van der Waals surface area contributed by atoms with E-state index in [0.717, 1.165) is 39.2 Å². The van der Waals surface area contributed by atoms with Gasteiger partial charge in [0, 0.05) is 36.4 Å². The molecule has 0 bridgehead atoms. The molecule has 0 spiro atoms.